The van der Waals surface area contributed by atoms with E-state index in [1.54, 1.807) is 0 Å². The monoisotopic (exact) mass is 253 g/mol. The van der Waals surface area contributed by atoms with Gasteiger partial charge in [0.1, 0.15) is 0 Å². The Morgan fingerprint density at radius 3 is 2.61 bits per heavy atom. The third kappa shape index (κ3) is 3.47. The molecule has 0 saturated heterocycles. The number of nitrogens with one attached hydrogen (secondary N) is 1. The lowest BCUT2D eigenvalue weighted by Crippen LogP contribution is -2.37. The first-order valence-electron chi connectivity index (χ1n) is 7.52. The molecule has 0 aromatic rings. The van der Waals surface area contributed by atoms with Crippen LogP contribution in [-0.2, 0) is 9.53 Å². The van der Waals surface area contributed by atoms with E-state index in [9.17, 15) is 4.79 Å². The lowest BCUT2D eigenvalue weighted by Gasteiger charge is -2.29. The molecule has 0 unspecified atom stereocenters. The van der Waals surface area contributed by atoms with Crippen LogP contribution in [0.25, 0.3) is 0 Å². The Morgan fingerprint density at radius 2 is 2.06 bits per heavy atom. The Kier molecular flexibility index (Phi) is 4.66. The average molecular weight is 253 g/mol. The summed E-state index contributed by atoms with van der Waals surface area (Å²) in [5, 5.41) is 3.19. The maximum atomic E-state index is 11.9. The number of hydrogen-bond acceptors (Lipinski definition) is 2. The number of ether oxygens (including phenoxy) is 1. The van der Waals surface area contributed by atoms with Crippen LogP contribution in [0.5, 0.6) is 0 Å². The first-order chi connectivity index (χ1) is 8.67. The van der Waals surface area contributed by atoms with Gasteiger partial charge in [0.25, 0.3) is 0 Å². The molecule has 0 spiro atoms. The summed E-state index contributed by atoms with van der Waals surface area (Å²) in [5.74, 6) is 1.19. The molecule has 0 aliphatic heterocycles. The highest BCUT2D eigenvalue weighted by Gasteiger charge is 2.40. The van der Waals surface area contributed by atoms with Gasteiger partial charge in [0.2, 0.25) is 5.91 Å². The molecule has 1 amide bonds. The topological polar surface area (TPSA) is 38.3 Å². The molecule has 2 aliphatic rings. The lowest BCUT2D eigenvalue weighted by molar-refractivity contribution is -0.123. The summed E-state index contributed by atoms with van der Waals surface area (Å²) in [4.78, 5) is 11.9. The van der Waals surface area contributed by atoms with Crippen LogP contribution < -0.4 is 5.32 Å². The molecule has 2 atom stereocenters. The van der Waals surface area contributed by atoms with Crippen molar-refractivity contribution >= 4 is 5.91 Å². The van der Waals surface area contributed by atoms with Gasteiger partial charge in [0, 0.05) is 25.7 Å². The number of carbonyl (C=O) groups is 1. The molecule has 2 fully saturated rings. The molecular weight excluding hydrogens is 226 g/mol. The highest BCUT2D eigenvalue weighted by atomic mass is 16.5. The van der Waals surface area contributed by atoms with Gasteiger partial charge in [-0.25, -0.2) is 0 Å². The normalized spacial score (nSPS) is 29.2. The van der Waals surface area contributed by atoms with Crippen LogP contribution in [-0.4, -0.2) is 25.7 Å². The molecule has 0 aromatic carbocycles. The fourth-order valence-electron chi connectivity index (χ4n) is 3.17. The molecular formula is C15H27NO2. The molecule has 0 aromatic heterocycles. The first kappa shape index (κ1) is 13.9. The Morgan fingerprint density at radius 1 is 1.39 bits per heavy atom. The SMILES string of the molecule is CCOCCC1(CNC(=O)[C@@H]2C[C@H]2C)CCCC1. The zero-order chi connectivity index (χ0) is 13.0. The summed E-state index contributed by atoms with van der Waals surface area (Å²) in [6, 6.07) is 0. The Labute approximate surface area is 111 Å². The van der Waals surface area contributed by atoms with Gasteiger partial charge in [-0.15, -0.1) is 0 Å². The standard InChI is InChI=1S/C15H27NO2/c1-3-18-9-8-15(6-4-5-7-15)11-16-14(17)13-10-12(13)2/h12-13H,3-11H2,1-2H3,(H,16,17)/t12-,13-/m1/s1. The predicted molar refractivity (Wildman–Crippen MR) is 72.3 cm³/mol. The van der Waals surface area contributed by atoms with E-state index in [1.165, 1.54) is 25.7 Å². The van der Waals surface area contributed by atoms with E-state index in [1.807, 2.05) is 6.92 Å². The van der Waals surface area contributed by atoms with E-state index < -0.39 is 0 Å². The summed E-state index contributed by atoms with van der Waals surface area (Å²) in [6.45, 7) is 6.69. The Hall–Kier alpha value is -0.570. The van der Waals surface area contributed by atoms with Crippen LogP contribution in [0.1, 0.15) is 52.4 Å². The van der Waals surface area contributed by atoms with Crippen molar-refractivity contribution in [2.24, 2.45) is 17.3 Å². The van der Waals surface area contributed by atoms with E-state index in [0.29, 0.717) is 17.3 Å². The summed E-state index contributed by atoms with van der Waals surface area (Å²) in [6.07, 6.45) is 7.30. The maximum absolute atomic E-state index is 11.9. The van der Waals surface area contributed by atoms with Crippen LogP contribution in [0, 0.1) is 17.3 Å². The van der Waals surface area contributed by atoms with Gasteiger partial charge in [-0.05, 0) is 43.9 Å². The minimum Gasteiger partial charge on any atom is -0.382 e. The van der Waals surface area contributed by atoms with Crippen molar-refractivity contribution in [1.29, 1.82) is 0 Å². The van der Waals surface area contributed by atoms with E-state index in [-0.39, 0.29) is 5.91 Å². The van der Waals surface area contributed by atoms with Gasteiger partial charge in [0.05, 0.1) is 0 Å². The fraction of sp³-hybridized carbons (Fsp3) is 0.933. The van der Waals surface area contributed by atoms with Gasteiger partial charge in [0.15, 0.2) is 0 Å². The van der Waals surface area contributed by atoms with Gasteiger partial charge >= 0.3 is 0 Å². The van der Waals surface area contributed by atoms with Crippen molar-refractivity contribution in [2.75, 3.05) is 19.8 Å². The van der Waals surface area contributed by atoms with Crippen LogP contribution >= 0.6 is 0 Å². The second-order valence-corrected chi connectivity index (χ2v) is 6.19. The second-order valence-electron chi connectivity index (χ2n) is 6.19. The van der Waals surface area contributed by atoms with Gasteiger partial charge in [-0.2, -0.15) is 0 Å². The maximum Gasteiger partial charge on any atom is 0.223 e. The van der Waals surface area contributed by atoms with Crippen molar-refractivity contribution < 1.29 is 9.53 Å². The van der Waals surface area contributed by atoms with E-state index in [4.69, 9.17) is 4.74 Å². The largest absolute Gasteiger partial charge is 0.382 e. The van der Waals surface area contributed by atoms with Gasteiger partial charge in [-0.3, -0.25) is 4.79 Å². The number of carbonyl (C=O) groups excluding carboxylic acids is 1. The van der Waals surface area contributed by atoms with Crippen LogP contribution in [0.4, 0.5) is 0 Å². The molecule has 0 radical (unpaired) electrons. The number of hydrogen-bond donors (Lipinski definition) is 1. The molecule has 18 heavy (non-hydrogen) atoms. The fourth-order valence-corrected chi connectivity index (χ4v) is 3.17. The summed E-state index contributed by atoms with van der Waals surface area (Å²) in [7, 11) is 0. The Balaban J connectivity index is 1.76. The Bertz CT molecular complexity index is 284. The molecule has 104 valence electrons. The molecule has 3 nitrogen and oxygen atoms in total. The van der Waals surface area contributed by atoms with Crippen molar-refractivity contribution in [1.82, 2.24) is 5.32 Å². The van der Waals surface area contributed by atoms with Crippen molar-refractivity contribution in [3.8, 4) is 0 Å². The number of amides is 1. The minimum atomic E-state index is 0.283. The molecule has 2 saturated carbocycles. The quantitative estimate of drug-likeness (QED) is 0.708. The van der Waals surface area contributed by atoms with E-state index in [2.05, 4.69) is 12.2 Å². The zero-order valence-electron chi connectivity index (χ0n) is 11.8. The summed E-state index contributed by atoms with van der Waals surface area (Å²) >= 11 is 0. The summed E-state index contributed by atoms with van der Waals surface area (Å²) in [5.41, 5.74) is 0.322. The predicted octanol–water partition coefficient (Wildman–Crippen LogP) is 2.75. The molecule has 2 rings (SSSR count). The van der Waals surface area contributed by atoms with E-state index >= 15 is 0 Å². The third-order valence-electron chi connectivity index (χ3n) is 4.73. The first-order valence-corrected chi connectivity index (χ1v) is 7.52. The van der Waals surface area contributed by atoms with Crippen molar-refractivity contribution in [3.63, 3.8) is 0 Å². The zero-order valence-corrected chi connectivity index (χ0v) is 11.8. The molecule has 0 heterocycles. The highest BCUT2D eigenvalue weighted by Crippen LogP contribution is 2.41. The van der Waals surface area contributed by atoms with Gasteiger partial charge in [-0.1, -0.05) is 19.8 Å². The molecule has 3 heteroatoms. The number of rotatable bonds is 7. The second kappa shape index (κ2) is 6.05. The van der Waals surface area contributed by atoms with Crippen LogP contribution in [0.3, 0.4) is 0 Å². The molecule has 0 bridgehead atoms. The van der Waals surface area contributed by atoms with Gasteiger partial charge < -0.3 is 10.1 Å². The van der Waals surface area contributed by atoms with E-state index in [0.717, 1.165) is 32.6 Å². The molecule has 2 aliphatic carbocycles. The lowest BCUT2D eigenvalue weighted by atomic mass is 9.83. The summed E-state index contributed by atoms with van der Waals surface area (Å²) < 4.78 is 5.49. The minimum absolute atomic E-state index is 0.283. The van der Waals surface area contributed by atoms with Crippen LogP contribution in [0.2, 0.25) is 0 Å². The van der Waals surface area contributed by atoms with Crippen molar-refractivity contribution in [3.05, 3.63) is 0 Å². The smallest absolute Gasteiger partial charge is 0.223 e. The van der Waals surface area contributed by atoms with Crippen LogP contribution in [0.15, 0.2) is 0 Å². The highest BCUT2D eigenvalue weighted by molar-refractivity contribution is 5.81. The molecule has 1 N–H and O–H groups in total. The third-order valence-corrected chi connectivity index (χ3v) is 4.73. The average Bonchev–Trinajstić information content (AvgIpc) is 2.91. The van der Waals surface area contributed by atoms with Crippen molar-refractivity contribution in [2.45, 2.75) is 52.4 Å².